The van der Waals surface area contributed by atoms with Crippen LogP contribution in [0.3, 0.4) is 0 Å². The van der Waals surface area contributed by atoms with Gasteiger partial charge in [-0.05, 0) is 51.2 Å². The van der Waals surface area contributed by atoms with Gasteiger partial charge in [0.1, 0.15) is 5.60 Å². The van der Waals surface area contributed by atoms with E-state index in [0.29, 0.717) is 31.3 Å². The summed E-state index contributed by atoms with van der Waals surface area (Å²) in [7, 11) is 0. The molecule has 2 heterocycles. The monoisotopic (exact) mass is 384 g/mol. The van der Waals surface area contributed by atoms with Crippen molar-refractivity contribution >= 4 is 12.0 Å². The molecule has 1 fully saturated rings. The molecule has 1 N–H and O–H groups in total. The van der Waals surface area contributed by atoms with Crippen LogP contribution in [-0.2, 0) is 4.74 Å². The van der Waals surface area contributed by atoms with Crippen molar-refractivity contribution in [2.45, 2.75) is 39.2 Å². The molecule has 0 atom stereocenters. The summed E-state index contributed by atoms with van der Waals surface area (Å²) in [6, 6.07) is 11.6. The molecule has 150 valence electrons. The summed E-state index contributed by atoms with van der Waals surface area (Å²) in [6.45, 7) is 7.38. The number of piperidine rings is 1. The van der Waals surface area contributed by atoms with Gasteiger partial charge >= 0.3 is 6.09 Å². The third-order valence-corrected chi connectivity index (χ3v) is 4.78. The van der Waals surface area contributed by atoms with Crippen LogP contribution in [0.2, 0.25) is 0 Å². The highest BCUT2D eigenvalue weighted by atomic mass is 16.6. The van der Waals surface area contributed by atoms with E-state index in [4.69, 9.17) is 9.15 Å². The number of nitrogens with zero attached hydrogens (tertiary/aromatic N) is 1. The van der Waals surface area contributed by atoms with Crippen LogP contribution in [0.1, 0.15) is 44.2 Å². The molecule has 0 bridgehead atoms. The number of carbonyl (C=O) groups excluding carboxylic acids is 2. The van der Waals surface area contributed by atoms with E-state index in [9.17, 15) is 9.59 Å². The van der Waals surface area contributed by atoms with Gasteiger partial charge < -0.3 is 19.4 Å². The molecular formula is C22H28N2O4. The number of benzene rings is 1. The maximum Gasteiger partial charge on any atom is 0.407 e. The molecule has 28 heavy (non-hydrogen) atoms. The zero-order valence-corrected chi connectivity index (χ0v) is 16.7. The number of ether oxygens (including phenoxy) is 1. The van der Waals surface area contributed by atoms with Crippen molar-refractivity contribution in [1.82, 2.24) is 10.2 Å². The largest absolute Gasteiger partial charge is 0.459 e. The second-order valence-corrected chi connectivity index (χ2v) is 8.15. The summed E-state index contributed by atoms with van der Waals surface area (Å²) < 4.78 is 10.8. The number of likely N-dealkylation sites (tertiary alicyclic amines) is 1. The van der Waals surface area contributed by atoms with Crippen molar-refractivity contribution in [2.24, 2.45) is 5.92 Å². The molecule has 0 saturated carbocycles. The molecule has 1 aromatic carbocycles. The summed E-state index contributed by atoms with van der Waals surface area (Å²) in [6.07, 6.45) is 2.84. The fraction of sp³-hybridized carbons (Fsp3) is 0.455. The Hall–Kier alpha value is -2.76. The SMILES string of the molecule is CC(C)(C)OC(=O)NCC1CCN(C(=O)c2occc2-c2ccccc2)CC1. The minimum Gasteiger partial charge on any atom is -0.459 e. The van der Waals surface area contributed by atoms with E-state index in [1.807, 2.05) is 62.1 Å². The predicted octanol–water partition coefficient (Wildman–Crippen LogP) is 4.32. The van der Waals surface area contributed by atoms with Crippen molar-refractivity contribution in [3.05, 3.63) is 48.4 Å². The van der Waals surface area contributed by atoms with Gasteiger partial charge in [0, 0.05) is 25.2 Å². The lowest BCUT2D eigenvalue weighted by molar-refractivity contribution is 0.0497. The Balaban J connectivity index is 1.53. The zero-order chi connectivity index (χ0) is 20.1. The molecule has 0 aliphatic carbocycles. The number of nitrogens with one attached hydrogen (secondary N) is 1. The Morgan fingerprint density at radius 1 is 1.14 bits per heavy atom. The van der Waals surface area contributed by atoms with Gasteiger partial charge in [0.25, 0.3) is 5.91 Å². The molecule has 1 aromatic heterocycles. The van der Waals surface area contributed by atoms with Crippen molar-refractivity contribution < 1.29 is 18.7 Å². The average Bonchev–Trinajstić information content (AvgIpc) is 3.15. The Morgan fingerprint density at radius 2 is 1.82 bits per heavy atom. The van der Waals surface area contributed by atoms with Gasteiger partial charge in [-0.2, -0.15) is 0 Å². The normalized spacial score (nSPS) is 15.3. The van der Waals surface area contributed by atoms with Crippen molar-refractivity contribution in [3.8, 4) is 11.1 Å². The first-order chi connectivity index (χ1) is 13.3. The highest BCUT2D eigenvalue weighted by Gasteiger charge is 2.28. The Bertz CT molecular complexity index is 799. The van der Waals surface area contributed by atoms with Gasteiger partial charge in [0.2, 0.25) is 0 Å². The Labute approximate surface area is 165 Å². The topological polar surface area (TPSA) is 71.8 Å². The lowest BCUT2D eigenvalue weighted by Gasteiger charge is -2.32. The quantitative estimate of drug-likeness (QED) is 0.852. The first kappa shape index (κ1) is 20.0. The van der Waals surface area contributed by atoms with Crippen molar-refractivity contribution in [3.63, 3.8) is 0 Å². The average molecular weight is 384 g/mol. The second kappa shape index (κ2) is 8.50. The molecule has 1 saturated heterocycles. The first-order valence-corrected chi connectivity index (χ1v) is 9.72. The van der Waals surface area contributed by atoms with E-state index in [1.165, 1.54) is 0 Å². The number of hydrogen-bond donors (Lipinski definition) is 1. The van der Waals surface area contributed by atoms with E-state index in [1.54, 1.807) is 6.26 Å². The molecule has 6 nitrogen and oxygen atoms in total. The van der Waals surface area contributed by atoms with Crippen LogP contribution in [0.5, 0.6) is 0 Å². The van der Waals surface area contributed by atoms with Crippen molar-refractivity contribution in [1.29, 1.82) is 0 Å². The Morgan fingerprint density at radius 3 is 2.46 bits per heavy atom. The van der Waals surface area contributed by atoms with Crippen LogP contribution < -0.4 is 5.32 Å². The predicted molar refractivity (Wildman–Crippen MR) is 107 cm³/mol. The Kier molecular flexibility index (Phi) is 6.07. The molecule has 0 radical (unpaired) electrons. The van der Waals surface area contributed by atoms with Gasteiger partial charge in [0.15, 0.2) is 5.76 Å². The second-order valence-electron chi connectivity index (χ2n) is 8.15. The minimum atomic E-state index is -0.501. The number of amides is 2. The van der Waals surface area contributed by atoms with Gasteiger partial charge in [0.05, 0.1) is 6.26 Å². The number of hydrogen-bond acceptors (Lipinski definition) is 4. The molecular weight excluding hydrogens is 356 g/mol. The van der Waals surface area contributed by atoms with Gasteiger partial charge in [-0.3, -0.25) is 4.79 Å². The summed E-state index contributed by atoms with van der Waals surface area (Å²) in [5, 5.41) is 2.83. The lowest BCUT2D eigenvalue weighted by Crippen LogP contribution is -2.42. The lowest BCUT2D eigenvalue weighted by atomic mass is 9.96. The van der Waals surface area contributed by atoms with Crippen LogP contribution in [0, 0.1) is 5.92 Å². The van der Waals surface area contributed by atoms with Crippen molar-refractivity contribution in [2.75, 3.05) is 19.6 Å². The van der Waals surface area contributed by atoms with E-state index in [2.05, 4.69) is 5.32 Å². The van der Waals surface area contributed by atoms with Crippen LogP contribution >= 0.6 is 0 Å². The summed E-state index contributed by atoms with van der Waals surface area (Å²) in [4.78, 5) is 26.5. The fourth-order valence-corrected chi connectivity index (χ4v) is 3.35. The standard InChI is InChI=1S/C22H28N2O4/c1-22(2,3)28-21(26)23-15-16-9-12-24(13-10-16)20(25)19-18(11-14-27-19)17-7-5-4-6-8-17/h4-8,11,14,16H,9-10,12-13,15H2,1-3H3,(H,23,26). The molecule has 1 aliphatic heterocycles. The van der Waals surface area contributed by atoms with Crippen LogP contribution in [0.15, 0.2) is 47.1 Å². The van der Waals surface area contributed by atoms with E-state index in [-0.39, 0.29) is 5.91 Å². The number of alkyl carbamates (subject to hydrolysis) is 1. The highest BCUT2D eigenvalue weighted by molar-refractivity contribution is 5.98. The number of rotatable bonds is 4. The van der Waals surface area contributed by atoms with Gasteiger partial charge in [-0.25, -0.2) is 4.79 Å². The molecule has 2 aromatic rings. The molecule has 2 amide bonds. The molecule has 3 rings (SSSR count). The molecule has 1 aliphatic rings. The van der Waals surface area contributed by atoms with Gasteiger partial charge in [-0.15, -0.1) is 0 Å². The van der Waals surface area contributed by atoms with Crippen LogP contribution in [0.4, 0.5) is 4.79 Å². The smallest absolute Gasteiger partial charge is 0.407 e. The van der Waals surface area contributed by atoms with E-state index >= 15 is 0 Å². The molecule has 6 heteroatoms. The van der Waals surface area contributed by atoms with Crippen LogP contribution in [-0.4, -0.2) is 42.1 Å². The number of carbonyl (C=O) groups is 2. The zero-order valence-electron chi connectivity index (χ0n) is 16.7. The van der Waals surface area contributed by atoms with E-state index < -0.39 is 11.7 Å². The highest BCUT2D eigenvalue weighted by Crippen LogP contribution is 2.27. The third kappa shape index (κ3) is 5.15. The third-order valence-electron chi connectivity index (χ3n) is 4.78. The van der Waals surface area contributed by atoms with Crippen LogP contribution in [0.25, 0.3) is 11.1 Å². The van der Waals surface area contributed by atoms with E-state index in [0.717, 1.165) is 24.0 Å². The first-order valence-electron chi connectivity index (χ1n) is 9.72. The summed E-state index contributed by atoms with van der Waals surface area (Å²) >= 11 is 0. The maximum absolute atomic E-state index is 12.9. The van der Waals surface area contributed by atoms with Gasteiger partial charge in [-0.1, -0.05) is 30.3 Å². The maximum atomic E-state index is 12.9. The molecule has 0 unspecified atom stereocenters. The number of furan rings is 1. The summed E-state index contributed by atoms with van der Waals surface area (Å²) in [5.41, 5.74) is 1.29. The summed E-state index contributed by atoms with van der Waals surface area (Å²) in [5.74, 6) is 0.640. The minimum absolute atomic E-state index is 0.0811. The fourth-order valence-electron chi connectivity index (χ4n) is 3.35. The molecule has 0 spiro atoms.